The highest BCUT2D eigenvalue weighted by Crippen LogP contribution is 2.31. The number of rotatable bonds is 8. The Morgan fingerprint density at radius 3 is 2.42 bits per heavy atom. The van der Waals surface area contributed by atoms with Crippen molar-refractivity contribution in [3.63, 3.8) is 0 Å². The number of carbonyl (C=O) groups is 1. The van der Waals surface area contributed by atoms with Crippen LogP contribution in [0.15, 0.2) is 99.9 Å². The number of fused-ring (bicyclic) bond motifs is 1. The van der Waals surface area contributed by atoms with E-state index in [2.05, 4.69) is 4.99 Å². The Kier molecular flexibility index (Phi) is 7.98. The van der Waals surface area contributed by atoms with Crippen molar-refractivity contribution in [2.24, 2.45) is 4.99 Å². The van der Waals surface area contributed by atoms with Crippen LogP contribution in [0.4, 0.5) is 5.69 Å². The molecule has 1 aliphatic rings. The quantitative estimate of drug-likeness (QED) is 0.302. The normalized spacial score (nSPS) is 14.9. The van der Waals surface area contributed by atoms with Gasteiger partial charge in [-0.15, -0.1) is 0 Å². The average molecular weight is 554 g/mol. The lowest BCUT2D eigenvalue weighted by atomic mass is 9.95. The highest BCUT2D eigenvalue weighted by atomic mass is 32.1. The van der Waals surface area contributed by atoms with Crippen LogP contribution in [-0.2, 0) is 16.1 Å². The summed E-state index contributed by atoms with van der Waals surface area (Å²) in [7, 11) is 3.93. The van der Waals surface area contributed by atoms with Crippen molar-refractivity contribution < 1.29 is 14.3 Å². The number of ether oxygens (including phenoxy) is 2. The van der Waals surface area contributed by atoms with Gasteiger partial charge in [-0.25, -0.2) is 9.79 Å². The number of carbonyl (C=O) groups excluding carboxylic acids is 1. The van der Waals surface area contributed by atoms with E-state index in [0.29, 0.717) is 33.0 Å². The number of nitrogens with zero attached hydrogens (tertiary/aromatic N) is 3. The van der Waals surface area contributed by atoms with Crippen LogP contribution in [0.3, 0.4) is 0 Å². The highest BCUT2D eigenvalue weighted by molar-refractivity contribution is 7.07. The molecule has 40 heavy (non-hydrogen) atoms. The summed E-state index contributed by atoms with van der Waals surface area (Å²) < 4.78 is 13.6. The van der Waals surface area contributed by atoms with Crippen LogP contribution in [0.5, 0.6) is 5.75 Å². The van der Waals surface area contributed by atoms with Gasteiger partial charge in [-0.05, 0) is 49.2 Å². The second kappa shape index (κ2) is 11.8. The summed E-state index contributed by atoms with van der Waals surface area (Å²) >= 11 is 1.30. The number of benzene rings is 3. The molecule has 0 spiro atoms. The van der Waals surface area contributed by atoms with Crippen molar-refractivity contribution in [2.45, 2.75) is 26.5 Å². The van der Waals surface area contributed by atoms with Crippen LogP contribution >= 0.6 is 11.3 Å². The Bertz CT molecular complexity index is 1740. The molecule has 1 aliphatic heterocycles. The minimum atomic E-state index is -0.654. The van der Waals surface area contributed by atoms with Gasteiger partial charge in [0.05, 0.1) is 28.5 Å². The monoisotopic (exact) mass is 553 g/mol. The molecule has 1 aromatic heterocycles. The summed E-state index contributed by atoms with van der Waals surface area (Å²) in [5.74, 6) is 0.204. The van der Waals surface area contributed by atoms with E-state index in [9.17, 15) is 9.59 Å². The van der Waals surface area contributed by atoms with E-state index in [1.165, 1.54) is 11.3 Å². The van der Waals surface area contributed by atoms with E-state index >= 15 is 0 Å². The molecular weight excluding hydrogens is 522 g/mol. The van der Waals surface area contributed by atoms with E-state index < -0.39 is 12.0 Å². The Hall–Kier alpha value is -4.43. The van der Waals surface area contributed by atoms with Gasteiger partial charge in [-0.1, -0.05) is 72.0 Å². The first-order valence-corrected chi connectivity index (χ1v) is 13.9. The minimum Gasteiger partial charge on any atom is -0.488 e. The van der Waals surface area contributed by atoms with Crippen LogP contribution in [0.2, 0.25) is 0 Å². The van der Waals surface area contributed by atoms with Crippen LogP contribution in [0.25, 0.3) is 6.08 Å². The first kappa shape index (κ1) is 27.1. The zero-order valence-corrected chi connectivity index (χ0v) is 23.8. The fourth-order valence-corrected chi connectivity index (χ4v) is 5.71. The summed E-state index contributed by atoms with van der Waals surface area (Å²) in [6.45, 7) is 4.20. The molecule has 0 aliphatic carbocycles. The molecule has 0 saturated heterocycles. The first-order valence-electron chi connectivity index (χ1n) is 13.1. The lowest BCUT2D eigenvalue weighted by molar-refractivity contribution is -0.139. The molecule has 0 radical (unpaired) electrons. The molecule has 1 unspecified atom stereocenters. The summed E-state index contributed by atoms with van der Waals surface area (Å²) in [4.78, 5) is 34.3. The van der Waals surface area contributed by atoms with E-state index in [1.807, 2.05) is 104 Å². The lowest BCUT2D eigenvalue weighted by Gasteiger charge is -2.25. The van der Waals surface area contributed by atoms with Crippen LogP contribution in [0.1, 0.15) is 36.6 Å². The second-order valence-corrected chi connectivity index (χ2v) is 10.6. The maximum absolute atomic E-state index is 14.0. The smallest absolute Gasteiger partial charge is 0.338 e. The predicted octanol–water partition coefficient (Wildman–Crippen LogP) is 4.44. The number of thiazole rings is 1. The van der Waals surface area contributed by atoms with Gasteiger partial charge in [0.25, 0.3) is 5.56 Å². The molecule has 2 heterocycles. The van der Waals surface area contributed by atoms with E-state index in [4.69, 9.17) is 9.47 Å². The number of para-hydroxylation sites is 1. The summed E-state index contributed by atoms with van der Waals surface area (Å²) in [6, 6.07) is 24.8. The lowest BCUT2D eigenvalue weighted by Crippen LogP contribution is -2.40. The second-order valence-electron chi connectivity index (χ2n) is 9.60. The van der Waals surface area contributed by atoms with Crippen molar-refractivity contribution in [1.82, 2.24) is 4.57 Å². The molecule has 0 N–H and O–H groups in total. The van der Waals surface area contributed by atoms with Gasteiger partial charge in [0.15, 0.2) is 4.80 Å². The Morgan fingerprint density at radius 2 is 1.73 bits per heavy atom. The molecule has 1 atom stereocenters. The fraction of sp³-hybridized carbons (Fsp3) is 0.219. The SMILES string of the molecule is CCOC(=O)C1=C(C)N=c2sc(=Cc3ccccc3OCc3ccccc3)c(=O)n2C1c1ccc(N(C)C)cc1. The topological polar surface area (TPSA) is 73.1 Å². The van der Waals surface area contributed by atoms with Gasteiger partial charge < -0.3 is 14.4 Å². The Balaban J connectivity index is 1.60. The first-order chi connectivity index (χ1) is 19.4. The molecule has 5 rings (SSSR count). The molecule has 7 nitrogen and oxygen atoms in total. The molecule has 204 valence electrons. The largest absolute Gasteiger partial charge is 0.488 e. The Morgan fingerprint density at radius 1 is 1.02 bits per heavy atom. The number of aromatic nitrogens is 1. The molecule has 8 heteroatoms. The zero-order chi connectivity index (χ0) is 28.2. The highest BCUT2D eigenvalue weighted by Gasteiger charge is 2.33. The predicted molar refractivity (Wildman–Crippen MR) is 158 cm³/mol. The van der Waals surface area contributed by atoms with E-state index in [1.54, 1.807) is 18.4 Å². The minimum absolute atomic E-state index is 0.224. The zero-order valence-electron chi connectivity index (χ0n) is 23.0. The molecule has 0 fully saturated rings. The number of anilines is 1. The van der Waals surface area contributed by atoms with Crippen molar-refractivity contribution in [1.29, 1.82) is 0 Å². The van der Waals surface area contributed by atoms with E-state index in [0.717, 1.165) is 22.4 Å². The van der Waals surface area contributed by atoms with Crippen molar-refractivity contribution in [3.8, 4) is 5.75 Å². The molecule has 4 aromatic rings. The maximum Gasteiger partial charge on any atom is 0.338 e. The third-order valence-corrected chi connectivity index (χ3v) is 7.67. The van der Waals surface area contributed by atoms with Crippen molar-refractivity contribution >= 4 is 29.1 Å². The van der Waals surface area contributed by atoms with Gasteiger partial charge in [-0.2, -0.15) is 0 Å². The molecule has 0 saturated carbocycles. The van der Waals surface area contributed by atoms with Gasteiger partial charge >= 0.3 is 5.97 Å². The third kappa shape index (κ3) is 5.49. The summed E-state index contributed by atoms with van der Waals surface area (Å²) in [5, 5.41) is 0. The third-order valence-electron chi connectivity index (χ3n) is 6.69. The molecule has 3 aromatic carbocycles. The van der Waals surface area contributed by atoms with Crippen LogP contribution in [0, 0.1) is 0 Å². The van der Waals surface area contributed by atoms with Crippen molar-refractivity contribution in [3.05, 3.63) is 127 Å². The number of hydrogen-bond donors (Lipinski definition) is 0. The van der Waals surface area contributed by atoms with Gasteiger partial charge in [-0.3, -0.25) is 9.36 Å². The van der Waals surface area contributed by atoms with Crippen LogP contribution in [-0.4, -0.2) is 31.2 Å². The summed E-state index contributed by atoms with van der Waals surface area (Å²) in [5.41, 5.74) is 4.35. The molecular formula is C32H31N3O4S. The standard InChI is InChI=1S/C32H31N3O4S/c1-5-38-31(37)28-21(2)33-32-35(29(28)23-15-17-25(18-16-23)34(3)4)30(36)27(40-32)19-24-13-9-10-14-26(24)39-20-22-11-7-6-8-12-22/h6-19,29H,5,20H2,1-4H3. The van der Waals surface area contributed by atoms with Crippen LogP contribution < -0.4 is 24.5 Å². The number of esters is 1. The van der Waals surface area contributed by atoms with Crippen molar-refractivity contribution in [2.75, 3.05) is 25.6 Å². The fourth-order valence-electron chi connectivity index (χ4n) is 4.67. The van der Waals surface area contributed by atoms with Gasteiger partial charge in [0.2, 0.25) is 0 Å². The Labute approximate surface area is 237 Å². The number of allylic oxidation sites excluding steroid dienone is 1. The maximum atomic E-state index is 14.0. The van der Waals surface area contributed by atoms with E-state index in [-0.39, 0.29) is 12.2 Å². The van der Waals surface area contributed by atoms with Gasteiger partial charge in [0, 0.05) is 25.3 Å². The molecule has 0 bridgehead atoms. The summed E-state index contributed by atoms with van der Waals surface area (Å²) in [6.07, 6.45) is 1.83. The molecule has 0 amide bonds. The van der Waals surface area contributed by atoms with Gasteiger partial charge in [0.1, 0.15) is 12.4 Å². The number of hydrogen-bond acceptors (Lipinski definition) is 7. The average Bonchev–Trinajstić information content (AvgIpc) is 3.26.